The Labute approximate surface area is 213 Å². The van der Waals surface area contributed by atoms with Crippen LogP contribution in [-0.4, -0.2) is 30.6 Å². The summed E-state index contributed by atoms with van der Waals surface area (Å²) >= 11 is 0. The molecule has 5 aromatic carbocycles. The Hall–Kier alpha value is -4.84. The predicted octanol–water partition coefficient (Wildman–Crippen LogP) is 5.85. The van der Waals surface area contributed by atoms with E-state index < -0.39 is 0 Å². The molecule has 0 amide bonds. The van der Waals surface area contributed by atoms with Crippen molar-refractivity contribution in [3.05, 3.63) is 118 Å². The summed E-state index contributed by atoms with van der Waals surface area (Å²) in [5.74, 6) is -0.260. The number of hydrogen-bond donors (Lipinski definition) is 6. The maximum atomic E-state index is 11.3. The first-order valence-electron chi connectivity index (χ1n) is 11.8. The van der Waals surface area contributed by atoms with Crippen molar-refractivity contribution >= 4 is 10.8 Å². The molecule has 0 aliphatic carbocycles. The van der Waals surface area contributed by atoms with Crippen LogP contribution in [0.5, 0.6) is 34.5 Å². The predicted molar refractivity (Wildman–Crippen MR) is 142 cm³/mol. The van der Waals surface area contributed by atoms with E-state index in [-0.39, 0.29) is 47.3 Å². The van der Waals surface area contributed by atoms with Gasteiger partial charge < -0.3 is 30.6 Å². The van der Waals surface area contributed by atoms with Gasteiger partial charge in [0.1, 0.15) is 23.0 Å². The maximum Gasteiger partial charge on any atom is 0.166 e. The van der Waals surface area contributed by atoms with Gasteiger partial charge in [0.25, 0.3) is 0 Å². The van der Waals surface area contributed by atoms with E-state index in [1.54, 1.807) is 78.9 Å². The molecule has 0 heterocycles. The first-order chi connectivity index (χ1) is 17.8. The molecule has 0 unspecified atom stereocenters. The lowest BCUT2D eigenvalue weighted by Gasteiger charge is -2.20. The minimum absolute atomic E-state index is 0.0233. The van der Waals surface area contributed by atoms with Crippen molar-refractivity contribution in [2.75, 3.05) is 0 Å². The Balaban J connectivity index is 1.73. The minimum Gasteiger partial charge on any atom is -0.508 e. The molecule has 0 bridgehead atoms. The second kappa shape index (κ2) is 9.66. The highest BCUT2D eigenvalue weighted by molar-refractivity contribution is 5.99. The van der Waals surface area contributed by atoms with Crippen molar-refractivity contribution in [2.45, 2.75) is 19.3 Å². The molecule has 0 atom stereocenters. The topological polar surface area (TPSA) is 121 Å². The Kier molecular flexibility index (Phi) is 6.24. The van der Waals surface area contributed by atoms with Crippen LogP contribution in [0.2, 0.25) is 0 Å². The highest BCUT2D eigenvalue weighted by atomic mass is 16.3. The minimum atomic E-state index is -0.326. The van der Waals surface area contributed by atoms with Gasteiger partial charge in [-0.25, -0.2) is 0 Å². The van der Waals surface area contributed by atoms with Gasteiger partial charge >= 0.3 is 0 Å². The smallest absolute Gasteiger partial charge is 0.166 e. The molecule has 5 aromatic rings. The van der Waals surface area contributed by atoms with Gasteiger partial charge in [-0.05, 0) is 76.5 Å². The number of benzene rings is 5. The molecule has 0 saturated carbocycles. The lowest BCUT2D eigenvalue weighted by molar-refractivity contribution is 0.403. The summed E-state index contributed by atoms with van der Waals surface area (Å²) in [5, 5.41) is 63.7. The number of hydrogen-bond acceptors (Lipinski definition) is 6. The molecule has 0 spiro atoms. The summed E-state index contributed by atoms with van der Waals surface area (Å²) in [4.78, 5) is 0. The van der Waals surface area contributed by atoms with Crippen LogP contribution in [0, 0.1) is 0 Å². The van der Waals surface area contributed by atoms with Gasteiger partial charge in [-0.3, -0.25) is 0 Å². The van der Waals surface area contributed by atoms with Crippen molar-refractivity contribution < 1.29 is 30.6 Å². The molecule has 0 radical (unpaired) electrons. The molecule has 0 fully saturated rings. The third-order valence-corrected chi connectivity index (χ3v) is 6.65. The quantitative estimate of drug-likeness (QED) is 0.165. The zero-order chi connectivity index (χ0) is 26.1. The van der Waals surface area contributed by atoms with Crippen LogP contribution in [-0.2, 0) is 19.3 Å². The van der Waals surface area contributed by atoms with Crippen LogP contribution in [0.15, 0.2) is 84.9 Å². The Morgan fingerprint density at radius 3 is 1.59 bits per heavy atom. The fourth-order valence-corrected chi connectivity index (χ4v) is 4.80. The highest BCUT2D eigenvalue weighted by Gasteiger charge is 2.23. The zero-order valence-corrected chi connectivity index (χ0v) is 19.9. The molecule has 186 valence electrons. The summed E-state index contributed by atoms with van der Waals surface area (Å²) in [6.07, 6.45) is 0.910. The van der Waals surface area contributed by atoms with Crippen molar-refractivity contribution in [3.63, 3.8) is 0 Å². The second-order valence-electron chi connectivity index (χ2n) is 9.17. The van der Waals surface area contributed by atoms with Crippen molar-refractivity contribution in [1.82, 2.24) is 0 Å². The number of phenolic OH excluding ortho intramolecular Hbond substituents is 6. The summed E-state index contributed by atoms with van der Waals surface area (Å²) < 4.78 is 0. The fraction of sp³-hybridized carbons (Fsp3) is 0.0968. The van der Waals surface area contributed by atoms with E-state index in [4.69, 9.17) is 0 Å². The van der Waals surface area contributed by atoms with E-state index in [9.17, 15) is 30.6 Å². The monoisotopic (exact) mass is 494 g/mol. The summed E-state index contributed by atoms with van der Waals surface area (Å²) in [6, 6.07) is 23.4. The van der Waals surface area contributed by atoms with Gasteiger partial charge in [0.05, 0.1) is 0 Å². The van der Waals surface area contributed by atoms with E-state index in [1.807, 2.05) is 6.07 Å². The zero-order valence-electron chi connectivity index (χ0n) is 19.9. The molecule has 0 aliphatic heterocycles. The highest BCUT2D eigenvalue weighted by Crippen LogP contribution is 2.46. The standard InChI is InChI=1S/C31H26O6/c32-21-8-4-18(5-9-21)15-26-25(17-20-2-1-3-23(34)14-20)24-12-13-28(35)27(29(24)31(37)30(26)36)16-19-6-10-22(33)11-7-19/h1-14,32-37H,15-17H2. The van der Waals surface area contributed by atoms with Gasteiger partial charge in [0.2, 0.25) is 0 Å². The van der Waals surface area contributed by atoms with Crippen LogP contribution in [0.25, 0.3) is 10.8 Å². The number of phenols is 6. The fourth-order valence-electron chi connectivity index (χ4n) is 4.80. The summed E-state index contributed by atoms with van der Waals surface area (Å²) in [6.45, 7) is 0. The number of rotatable bonds is 6. The first kappa shape index (κ1) is 23.9. The maximum absolute atomic E-state index is 11.3. The van der Waals surface area contributed by atoms with Crippen molar-refractivity contribution in [2.24, 2.45) is 0 Å². The van der Waals surface area contributed by atoms with Crippen LogP contribution in [0.1, 0.15) is 33.4 Å². The second-order valence-corrected chi connectivity index (χ2v) is 9.17. The molecular formula is C31H26O6. The van der Waals surface area contributed by atoms with Crippen LogP contribution in [0.3, 0.4) is 0 Å². The molecule has 37 heavy (non-hydrogen) atoms. The number of fused-ring (bicyclic) bond motifs is 1. The van der Waals surface area contributed by atoms with E-state index in [2.05, 4.69) is 0 Å². The molecular weight excluding hydrogens is 468 g/mol. The normalized spacial score (nSPS) is 11.1. The van der Waals surface area contributed by atoms with Gasteiger partial charge in [0, 0.05) is 29.4 Å². The lowest BCUT2D eigenvalue weighted by atomic mass is 9.86. The van der Waals surface area contributed by atoms with E-state index in [1.165, 1.54) is 0 Å². The third-order valence-electron chi connectivity index (χ3n) is 6.65. The molecule has 5 rings (SSSR count). The molecule has 6 N–H and O–H groups in total. The van der Waals surface area contributed by atoms with Crippen LogP contribution >= 0.6 is 0 Å². The van der Waals surface area contributed by atoms with Gasteiger partial charge in [-0.2, -0.15) is 0 Å². The van der Waals surface area contributed by atoms with Gasteiger partial charge in [-0.15, -0.1) is 0 Å². The van der Waals surface area contributed by atoms with E-state index in [0.29, 0.717) is 28.3 Å². The number of aromatic hydroxyl groups is 6. The van der Waals surface area contributed by atoms with Crippen LogP contribution < -0.4 is 0 Å². The Morgan fingerprint density at radius 1 is 0.432 bits per heavy atom. The molecule has 0 saturated heterocycles. The summed E-state index contributed by atoms with van der Waals surface area (Å²) in [7, 11) is 0. The largest absolute Gasteiger partial charge is 0.508 e. The van der Waals surface area contributed by atoms with E-state index >= 15 is 0 Å². The molecule has 0 aromatic heterocycles. The third kappa shape index (κ3) is 4.82. The average Bonchev–Trinajstić information content (AvgIpc) is 2.88. The first-order valence-corrected chi connectivity index (χ1v) is 11.8. The average molecular weight is 495 g/mol. The SMILES string of the molecule is Oc1ccc(Cc2c(O)c(O)c3c(Cc4ccc(O)cc4)c(O)ccc3c2Cc2cccc(O)c2)cc1. The molecule has 0 aliphatic rings. The van der Waals surface area contributed by atoms with E-state index in [0.717, 1.165) is 22.3 Å². The lowest BCUT2D eigenvalue weighted by Crippen LogP contribution is -2.02. The van der Waals surface area contributed by atoms with Crippen molar-refractivity contribution in [3.8, 4) is 34.5 Å². The Bertz CT molecular complexity index is 1590. The van der Waals surface area contributed by atoms with Gasteiger partial charge in [-0.1, -0.05) is 42.5 Å². The Morgan fingerprint density at radius 2 is 1.00 bits per heavy atom. The van der Waals surface area contributed by atoms with Crippen molar-refractivity contribution in [1.29, 1.82) is 0 Å². The van der Waals surface area contributed by atoms with Gasteiger partial charge in [0.15, 0.2) is 11.5 Å². The van der Waals surface area contributed by atoms with Crippen LogP contribution in [0.4, 0.5) is 0 Å². The molecule has 6 heteroatoms. The molecule has 6 nitrogen and oxygen atoms in total. The summed E-state index contributed by atoms with van der Waals surface area (Å²) in [5.41, 5.74) is 4.15.